The van der Waals surface area contributed by atoms with E-state index in [1.165, 1.54) is 17.6 Å². The van der Waals surface area contributed by atoms with Gasteiger partial charge in [-0.1, -0.05) is 12.1 Å². The standard InChI is InChI=1S/C19H21FN2O/c1-13(2)22-11-15(12-23-17-8-6-16(20)7-9-17)19-14(10-21)4-3-5-18(19)22/h3-9,11,13H,10,12,21H2,1-2H3. The van der Waals surface area contributed by atoms with Crippen LogP contribution in [0.4, 0.5) is 4.39 Å². The predicted molar refractivity (Wildman–Crippen MR) is 90.9 cm³/mol. The second kappa shape index (κ2) is 6.42. The lowest BCUT2D eigenvalue weighted by atomic mass is 10.1. The highest BCUT2D eigenvalue weighted by atomic mass is 19.1. The maximum absolute atomic E-state index is 13.0. The summed E-state index contributed by atoms with van der Waals surface area (Å²) in [5.74, 6) is 0.390. The normalized spacial score (nSPS) is 11.3. The van der Waals surface area contributed by atoms with Gasteiger partial charge in [-0.15, -0.1) is 0 Å². The van der Waals surface area contributed by atoms with Crippen LogP contribution < -0.4 is 10.5 Å². The molecule has 1 heterocycles. The van der Waals surface area contributed by atoms with Gasteiger partial charge in [0.05, 0.1) is 0 Å². The van der Waals surface area contributed by atoms with Crippen molar-refractivity contribution in [3.63, 3.8) is 0 Å². The van der Waals surface area contributed by atoms with Gasteiger partial charge < -0.3 is 15.0 Å². The molecule has 0 aliphatic rings. The van der Waals surface area contributed by atoms with E-state index in [2.05, 4.69) is 30.7 Å². The van der Waals surface area contributed by atoms with E-state index in [-0.39, 0.29) is 5.82 Å². The van der Waals surface area contributed by atoms with Crippen molar-refractivity contribution < 1.29 is 9.13 Å². The minimum absolute atomic E-state index is 0.265. The van der Waals surface area contributed by atoms with E-state index >= 15 is 0 Å². The molecular weight excluding hydrogens is 291 g/mol. The zero-order chi connectivity index (χ0) is 16.4. The highest BCUT2D eigenvalue weighted by Gasteiger charge is 2.14. The van der Waals surface area contributed by atoms with Gasteiger partial charge in [0.25, 0.3) is 0 Å². The summed E-state index contributed by atoms with van der Waals surface area (Å²) in [5.41, 5.74) is 9.28. The molecular formula is C19H21FN2O. The van der Waals surface area contributed by atoms with Gasteiger partial charge in [0.1, 0.15) is 18.2 Å². The first kappa shape index (κ1) is 15.6. The second-order valence-electron chi connectivity index (χ2n) is 5.91. The molecule has 3 nitrogen and oxygen atoms in total. The van der Waals surface area contributed by atoms with Crippen LogP contribution in [-0.2, 0) is 13.2 Å². The van der Waals surface area contributed by atoms with Gasteiger partial charge in [-0.05, 0) is 49.7 Å². The minimum atomic E-state index is -0.265. The first-order valence-electron chi connectivity index (χ1n) is 7.80. The lowest BCUT2D eigenvalue weighted by Gasteiger charge is -2.09. The zero-order valence-corrected chi connectivity index (χ0v) is 13.4. The van der Waals surface area contributed by atoms with Gasteiger partial charge in [0, 0.05) is 35.2 Å². The summed E-state index contributed by atoms with van der Waals surface area (Å²) in [6.07, 6.45) is 2.12. The predicted octanol–water partition coefficient (Wildman–Crippen LogP) is 4.40. The average molecular weight is 312 g/mol. The molecule has 0 amide bonds. The van der Waals surface area contributed by atoms with Crippen LogP contribution >= 0.6 is 0 Å². The number of ether oxygens (including phenoxy) is 1. The van der Waals surface area contributed by atoms with Gasteiger partial charge in [0.15, 0.2) is 0 Å². The van der Waals surface area contributed by atoms with Crippen LogP contribution in [0.15, 0.2) is 48.7 Å². The summed E-state index contributed by atoms with van der Waals surface area (Å²) in [5, 5.41) is 1.16. The van der Waals surface area contributed by atoms with Crippen LogP contribution in [0.25, 0.3) is 10.9 Å². The Balaban J connectivity index is 1.97. The minimum Gasteiger partial charge on any atom is -0.489 e. The third-order valence-corrected chi connectivity index (χ3v) is 4.01. The van der Waals surface area contributed by atoms with Crippen LogP contribution in [0.2, 0.25) is 0 Å². The van der Waals surface area contributed by atoms with Gasteiger partial charge in [-0.2, -0.15) is 0 Å². The zero-order valence-electron chi connectivity index (χ0n) is 13.4. The third kappa shape index (κ3) is 3.08. The molecule has 0 aliphatic carbocycles. The molecule has 23 heavy (non-hydrogen) atoms. The van der Waals surface area contributed by atoms with Crippen molar-refractivity contribution in [1.29, 1.82) is 0 Å². The highest BCUT2D eigenvalue weighted by molar-refractivity contribution is 5.87. The maximum atomic E-state index is 13.0. The average Bonchev–Trinajstić information content (AvgIpc) is 2.93. The van der Waals surface area contributed by atoms with Crippen LogP contribution in [0.3, 0.4) is 0 Å². The Bertz CT molecular complexity index is 806. The number of hydrogen-bond donors (Lipinski definition) is 1. The Morgan fingerprint density at radius 2 is 1.83 bits per heavy atom. The summed E-state index contributed by atoms with van der Waals surface area (Å²) in [6, 6.07) is 12.6. The number of fused-ring (bicyclic) bond motifs is 1. The van der Waals surface area contributed by atoms with Crippen molar-refractivity contribution in [2.24, 2.45) is 5.73 Å². The summed E-state index contributed by atoms with van der Waals surface area (Å²) >= 11 is 0. The number of benzene rings is 2. The molecule has 0 saturated carbocycles. The van der Waals surface area contributed by atoms with Crippen molar-refractivity contribution >= 4 is 10.9 Å². The molecule has 0 aliphatic heterocycles. The Kier molecular flexibility index (Phi) is 4.35. The monoisotopic (exact) mass is 312 g/mol. The molecule has 2 N–H and O–H groups in total. The number of rotatable bonds is 5. The number of nitrogens with two attached hydrogens (primary N) is 1. The quantitative estimate of drug-likeness (QED) is 0.758. The van der Waals surface area contributed by atoms with E-state index in [0.29, 0.717) is 24.9 Å². The van der Waals surface area contributed by atoms with E-state index < -0.39 is 0 Å². The molecule has 0 fully saturated rings. The third-order valence-electron chi connectivity index (χ3n) is 4.01. The lowest BCUT2D eigenvalue weighted by Crippen LogP contribution is -2.00. The van der Waals surface area contributed by atoms with Gasteiger partial charge >= 0.3 is 0 Å². The molecule has 0 atom stereocenters. The molecule has 0 spiro atoms. The molecule has 3 rings (SSSR count). The summed E-state index contributed by atoms with van der Waals surface area (Å²) < 4.78 is 21.0. The van der Waals surface area contributed by atoms with Gasteiger partial charge in [-0.3, -0.25) is 0 Å². The van der Waals surface area contributed by atoms with Crippen LogP contribution in [0.5, 0.6) is 5.75 Å². The van der Waals surface area contributed by atoms with E-state index in [9.17, 15) is 4.39 Å². The van der Waals surface area contributed by atoms with E-state index in [0.717, 1.165) is 16.5 Å². The second-order valence-corrected chi connectivity index (χ2v) is 5.91. The van der Waals surface area contributed by atoms with Crippen molar-refractivity contribution in [2.75, 3.05) is 0 Å². The topological polar surface area (TPSA) is 40.2 Å². The Labute approximate surface area is 135 Å². The van der Waals surface area contributed by atoms with Crippen LogP contribution in [0, 0.1) is 5.82 Å². The van der Waals surface area contributed by atoms with E-state index in [4.69, 9.17) is 10.5 Å². The first-order valence-corrected chi connectivity index (χ1v) is 7.80. The van der Waals surface area contributed by atoms with Crippen molar-refractivity contribution in [3.05, 3.63) is 65.6 Å². The fourth-order valence-corrected chi connectivity index (χ4v) is 2.87. The first-order chi connectivity index (χ1) is 11.1. The maximum Gasteiger partial charge on any atom is 0.123 e. The Morgan fingerprint density at radius 1 is 1.09 bits per heavy atom. The Hall–Kier alpha value is -2.33. The fraction of sp³-hybridized carbons (Fsp3) is 0.263. The Morgan fingerprint density at radius 3 is 2.48 bits per heavy atom. The molecule has 4 heteroatoms. The smallest absolute Gasteiger partial charge is 0.123 e. The summed E-state index contributed by atoms with van der Waals surface area (Å²) in [6.45, 7) is 5.22. The van der Waals surface area contributed by atoms with Crippen LogP contribution in [-0.4, -0.2) is 4.57 Å². The van der Waals surface area contributed by atoms with Crippen molar-refractivity contribution in [3.8, 4) is 5.75 Å². The van der Waals surface area contributed by atoms with Gasteiger partial charge in [0.2, 0.25) is 0 Å². The fourth-order valence-electron chi connectivity index (χ4n) is 2.87. The lowest BCUT2D eigenvalue weighted by molar-refractivity contribution is 0.306. The number of halogens is 1. The molecule has 0 saturated heterocycles. The summed E-state index contributed by atoms with van der Waals surface area (Å²) in [7, 11) is 0. The van der Waals surface area contributed by atoms with E-state index in [1.807, 2.05) is 12.1 Å². The van der Waals surface area contributed by atoms with Crippen molar-refractivity contribution in [1.82, 2.24) is 4.57 Å². The number of hydrogen-bond acceptors (Lipinski definition) is 2. The van der Waals surface area contributed by atoms with Gasteiger partial charge in [-0.25, -0.2) is 4.39 Å². The molecule has 0 radical (unpaired) electrons. The largest absolute Gasteiger partial charge is 0.489 e. The summed E-state index contributed by atoms with van der Waals surface area (Å²) in [4.78, 5) is 0. The highest BCUT2D eigenvalue weighted by Crippen LogP contribution is 2.29. The molecule has 1 aromatic heterocycles. The van der Waals surface area contributed by atoms with Crippen molar-refractivity contribution in [2.45, 2.75) is 33.0 Å². The van der Waals surface area contributed by atoms with Crippen LogP contribution in [0.1, 0.15) is 31.0 Å². The molecule has 3 aromatic rings. The SMILES string of the molecule is CC(C)n1cc(COc2ccc(F)cc2)c2c(CN)cccc21. The number of aromatic nitrogens is 1. The molecule has 2 aromatic carbocycles. The molecule has 0 bridgehead atoms. The molecule has 120 valence electrons. The number of nitrogens with zero attached hydrogens (tertiary/aromatic N) is 1. The molecule has 0 unspecified atom stereocenters. The van der Waals surface area contributed by atoms with E-state index in [1.54, 1.807) is 12.1 Å².